The Morgan fingerprint density at radius 3 is 2.53 bits per heavy atom. The summed E-state index contributed by atoms with van der Waals surface area (Å²) in [7, 11) is -3.69. The molecule has 1 heterocycles. The van der Waals surface area contributed by atoms with Crippen LogP contribution in [-0.2, 0) is 23.1 Å². The molecule has 1 aliphatic rings. The summed E-state index contributed by atoms with van der Waals surface area (Å²) in [6.07, 6.45) is 0. The van der Waals surface area contributed by atoms with Gasteiger partial charge in [-0.15, -0.1) is 0 Å². The van der Waals surface area contributed by atoms with Gasteiger partial charge >= 0.3 is 0 Å². The molecular weight excluding hydrogens is 424 g/mol. The van der Waals surface area contributed by atoms with Gasteiger partial charge in [-0.3, -0.25) is 4.79 Å². The number of aryl methyl sites for hydroxylation is 2. The summed E-state index contributed by atoms with van der Waals surface area (Å²) < 4.78 is 33.8. The SMILES string of the molecule is Cc1ccc(S(=O)(=O)N2CCOc3ccc(C(=O)NCc4ccccc4)cc3C2)cc1C. The van der Waals surface area contributed by atoms with E-state index in [9.17, 15) is 13.2 Å². The molecule has 0 atom stereocenters. The van der Waals surface area contributed by atoms with Gasteiger partial charge in [0.05, 0.1) is 4.90 Å². The van der Waals surface area contributed by atoms with Crippen LogP contribution in [0.15, 0.2) is 71.6 Å². The van der Waals surface area contributed by atoms with Crippen LogP contribution < -0.4 is 10.1 Å². The van der Waals surface area contributed by atoms with Crippen molar-refractivity contribution in [3.8, 4) is 5.75 Å². The van der Waals surface area contributed by atoms with Crippen LogP contribution in [0.1, 0.15) is 32.6 Å². The Balaban J connectivity index is 1.55. The van der Waals surface area contributed by atoms with E-state index in [0.717, 1.165) is 16.7 Å². The first-order valence-corrected chi connectivity index (χ1v) is 11.9. The molecule has 0 unspecified atom stereocenters. The minimum Gasteiger partial charge on any atom is -0.492 e. The molecular formula is C25H26N2O4S. The Morgan fingerprint density at radius 2 is 1.78 bits per heavy atom. The van der Waals surface area contributed by atoms with Crippen molar-refractivity contribution in [3.05, 3.63) is 94.5 Å². The van der Waals surface area contributed by atoms with Gasteiger partial charge in [0, 0.05) is 30.8 Å². The van der Waals surface area contributed by atoms with Gasteiger partial charge in [-0.2, -0.15) is 4.31 Å². The fourth-order valence-electron chi connectivity index (χ4n) is 3.62. The summed E-state index contributed by atoms with van der Waals surface area (Å²) in [5.74, 6) is 0.381. The zero-order chi connectivity index (χ0) is 22.7. The average Bonchev–Trinajstić information content (AvgIpc) is 3.02. The number of carbonyl (C=O) groups excluding carboxylic acids is 1. The summed E-state index contributed by atoms with van der Waals surface area (Å²) in [5.41, 5.74) is 4.11. The van der Waals surface area contributed by atoms with Crippen molar-refractivity contribution < 1.29 is 17.9 Å². The molecule has 4 rings (SSSR count). The molecule has 0 saturated carbocycles. The van der Waals surface area contributed by atoms with Gasteiger partial charge in [0.25, 0.3) is 5.91 Å². The monoisotopic (exact) mass is 450 g/mol. The molecule has 32 heavy (non-hydrogen) atoms. The van der Waals surface area contributed by atoms with Gasteiger partial charge in [-0.1, -0.05) is 36.4 Å². The Morgan fingerprint density at radius 1 is 1.00 bits per heavy atom. The van der Waals surface area contributed by atoms with E-state index in [1.165, 1.54) is 4.31 Å². The standard InChI is InChI=1S/C25H26N2O4S/c1-18-8-10-23(14-19(18)2)32(29,30)27-12-13-31-24-11-9-21(15-22(24)17-27)25(28)26-16-20-6-4-3-5-7-20/h3-11,14-15H,12-13,16-17H2,1-2H3,(H,26,28). The summed E-state index contributed by atoms with van der Waals surface area (Å²) in [4.78, 5) is 12.9. The Kier molecular flexibility index (Phi) is 6.30. The molecule has 1 N–H and O–H groups in total. The van der Waals surface area contributed by atoms with Crippen molar-refractivity contribution in [2.45, 2.75) is 31.8 Å². The van der Waals surface area contributed by atoms with Crippen LogP contribution >= 0.6 is 0 Å². The van der Waals surface area contributed by atoms with Crippen molar-refractivity contribution in [2.24, 2.45) is 0 Å². The van der Waals surface area contributed by atoms with E-state index in [1.807, 2.05) is 50.2 Å². The van der Waals surface area contributed by atoms with Gasteiger partial charge < -0.3 is 10.1 Å². The van der Waals surface area contributed by atoms with E-state index in [-0.39, 0.29) is 30.5 Å². The highest BCUT2D eigenvalue weighted by Gasteiger charge is 2.28. The first-order valence-electron chi connectivity index (χ1n) is 10.5. The fraction of sp³-hybridized carbons (Fsp3) is 0.240. The number of hydrogen-bond acceptors (Lipinski definition) is 4. The smallest absolute Gasteiger partial charge is 0.251 e. The summed E-state index contributed by atoms with van der Waals surface area (Å²) >= 11 is 0. The number of sulfonamides is 1. The van der Waals surface area contributed by atoms with Crippen LogP contribution in [0.2, 0.25) is 0 Å². The molecule has 0 spiro atoms. The number of amides is 1. The van der Waals surface area contributed by atoms with Crippen molar-refractivity contribution >= 4 is 15.9 Å². The molecule has 0 bridgehead atoms. The second-order valence-electron chi connectivity index (χ2n) is 7.92. The van der Waals surface area contributed by atoms with Crippen molar-refractivity contribution in [3.63, 3.8) is 0 Å². The quantitative estimate of drug-likeness (QED) is 0.641. The third-order valence-corrected chi connectivity index (χ3v) is 7.52. The average molecular weight is 451 g/mol. The molecule has 0 aromatic heterocycles. The number of benzene rings is 3. The Labute approximate surface area is 188 Å². The maximum absolute atomic E-state index is 13.3. The van der Waals surface area contributed by atoms with E-state index < -0.39 is 10.0 Å². The zero-order valence-corrected chi connectivity index (χ0v) is 19.0. The highest BCUT2D eigenvalue weighted by molar-refractivity contribution is 7.89. The first kappa shape index (κ1) is 22.0. The maximum atomic E-state index is 13.3. The summed E-state index contributed by atoms with van der Waals surface area (Å²) in [6.45, 7) is 4.89. The van der Waals surface area contributed by atoms with E-state index in [4.69, 9.17) is 4.74 Å². The highest BCUT2D eigenvalue weighted by Crippen LogP contribution is 2.28. The van der Waals surface area contributed by atoms with Crippen molar-refractivity contribution in [1.82, 2.24) is 9.62 Å². The van der Waals surface area contributed by atoms with E-state index in [0.29, 0.717) is 23.4 Å². The molecule has 0 aliphatic carbocycles. The molecule has 0 saturated heterocycles. The van der Waals surface area contributed by atoms with Crippen LogP contribution in [0.4, 0.5) is 0 Å². The maximum Gasteiger partial charge on any atom is 0.251 e. The molecule has 0 radical (unpaired) electrons. The van der Waals surface area contributed by atoms with Gasteiger partial charge in [0.1, 0.15) is 12.4 Å². The predicted octanol–water partition coefficient (Wildman–Crippen LogP) is 3.82. The lowest BCUT2D eigenvalue weighted by atomic mass is 10.1. The third kappa shape index (κ3) is 4.69. The second kappa shape index (κ2) is 9.14. The first-order chi connectivity index (χ1) is 15.3. The van der Waals surface area contributed by atoms with Crippen molar-refractivity contribution in [2.75, 3.05) is 13.2 Å². The van der Waals surface area contributed by atoms with Crippen LogP contribution in [0.25, 0.3) is 0 Å². The van der Waals surface area contributed by atoms with Crippen LogP contribution in [0.5, 0.6) is 5.75 Å². The molecule has 3 aromatic rings. The zero-order valence-electron chi connectivity index (χ0n) is 18.2. The molecule has 1 aliphatic heterocycles. The minimum atomic E-state index is -3.69. The lowest BCUT2D eigenvalue weighted by Crippen LogP contribution is -2.32. The number of hydrogen-bond donors (Lipinski definition) is 1. The van der Waals surface area contributed by atoms with Gasteiger partial charge in [0.15, 0.2) is 0 Å². The Bertz CT molecular complexity index is 1240. The van der Waals surface area contributed by atoms with Crippen LogP contribution in [-0.4, -0.2) is 31.8 Å². The fourth-order valence-corrected chi connectivity index (χ4v) is 5.11. The van der Waals surface area contributed by atoms with E-state index in [1.54, 1.807) is 30.3 Å². The number of ether oxygens (including phenoxy) is 1. The molecule has 166 valence electrons. The van der Waals surface area contributed by atoms with E-state index >= 15 is 0 Å². The topological polar surface area (TPSA) is 75.7 Å². The van der Waals surface area contributed by atoms with Crippen LogP contribution in [0, 0.1) is 13.8 Å². The van der Waals surface area contributed by atoms with E-state index in [2.05, 4.69) is 5.32 Å². The number of nitrogens with one attached hydrogen (secondary N) is 1. The molecule has 1 amide bonds. The van der Waals surface area contributed by atoms with Crippen LogP contribution in [0.3, 0.4) is 0 Å². The van der Waals surface area contributed by atoms with Gasteiger partial charge in [-0.25, -0.2) is 8.42 Å². The molecule has 6 nitrogen and oxygen atoms in total. The van der Waals surface area contributed by atoms with Gasteiger partial charge in [-0.05, 0) is 60.9 Å². The number of rotatable bonds is 5. The molecule has 3 aromatic carbocycles. The van der Waals surface area contributed by atoms with Crippen molar-refractivity contribution in [1.29, 1.82) is 0 Å². The third-order valence-electron chi connectivity index (χ3n) is 5.68. The number of carbonyl (C=O) groups is 1. The lowest BCUT2D eigenvalue weighted by Gasteiger charge is -2.20. The molecule has 0 fully saturated rings. The predicted molar refractivity (Wildman–Crippen MR) is 123 cm³/mol. The number of nitrogens with zero attached hydrogens (tertiary/aromatic N) is 1. The second-order valence-corrected chi connectivity index (χ2v) is 9.86. The van der Waals surface area contributed by atoms with Gasteiger partial charge in [0.2, 0.25) is 10.0 Å². The highest BCUT2D eigenvalue weighted by atomic mass is 32.2. The number of fused-ring (bicyclic) bond motifs is 1. The Hall–Kier alpha value is -3.16. The summed E-state index contributed by atoms with van der Waals surface area (Å²) in [6, 6.07) is 20.0. The minimum absolute atomic E-state index is 0.143. The lowest BCUT2D eigenvalue weighted by molar-refractivity contribution is 0.0950. The normalized spacial score (nSPS) is 14.2. The summed E-state index contributed by atoms with van der Waals surface area (Å²) in [5, 5.41) is 2.90. The largest absolute Gasteiger partial charge is 0.492 e. The molecule has 7 heteroatoms.